The van der Waals surface area contributed by atoms with Gasteiger partial charge in [-0.1, -0.05) is 25.5 Å². The highest BCUT2D eigenvalue weighted by atomic mass is 16.5. The van der Waals surface area contributed by atoms with Crippen LogP contribution in [0.15, 0.2) is 18.2 Å². The van der Waals surface area contributed by atoms with Crippen molar-refractivity contribution in [1.29, 1.82) is 0 Å². The molecule has 104 valence electrons. The number of ether oxygens (including phenoxy) is 1. The number of aryl methyl sites for hydroxylation is 1. The summed E-state index contributed by atoms with van der Waals surface area (Å²) in [5, 5.41) is 9.66. The lowest BCUT2D eigenvalue weighted by Crippen LogP contribution is -2.43. The normalized spacial score (nSPS) is 30.3. The zero-order valence-corrected chi connectivity index (χ0v) is 12.1. The van der Waals surface area contributed by atoms with Crippen LogP contribution in [0, 0.1) is 12.3 Å². The van der Waals surface area contributed by atoms with Crippen molar-refractivity contribution >= 4 is 5.97 Å². The van der Waals surface area contributed by atoms with Crippen molar-refractivity contribution in [2.45, 2.75) is 45.4 Å². The molecule has 2 atom stereocenters. The Morgan fingerprint density at radius 3 is 2.58 bits per heavy atom. The molecule has 1 saturated carbocycles. The molecule has 19 heavy (non-hydrogen) atoms. The van der Waals surface area contributed by atoms with Gasteiger partial charge in [0.25, 0.3) is 0 Å². The predicted octanol–water partition coefficient (Wildman–Crippen LogP) is 3.32. The van der Waals surface area contributed by atoms with E-state index >= 15 is 0 Å². The number of phenols is 1. The molecule has 0 radical (unpaired) electrons. The van der Waals surface area contributed by atoms with Crippen LogP contribution in [0.25, 0.3) is 0 Å². The highest BCUT2D eigenvalue weighted by Crippen LogP contribution is 2.55. The van der Waals surface area contributed by atoms with Crippen LogP contribution >= 0.6 is 0 Å². The number of carbonyl (C=O) groups excluding carboxylic acids is 1. The summed E-state index contributed by atoms with van der Waals surface area (Å²) in [6.45, 7) is 6.00. The fourth-order valence-electron chi connectivity index (χ4n) is 3.36. The summed E-state index contributed by atoms with van der Waals surface area (Å²) in [6.07, 6.45) is 2.82. The Bertz CT molecular complexity index is 509. The maximum absolute atomic E-state index is 12.2. The molecule has 0 saturated heterocycles. The minimum atomic E-state index is -0.495. The van der Waals surface area contributed by atoms with Crippen LogP contribution < -0.4 is 0 Å². The summed E-state index contributed by atoms with van der Waals surface area (Å²) in [5.41, 5.74) is 1.22. The fraction of sp³-hybridized carbons (Fsp3) is 0.562. The van der Waals surface area contributed by atoms with Gasteiger partial charge in [0.2, 0.25) is 0 Å². The van der Waals surface area contributed by atoms with Crippen molar-refractivity contribution in [3.05, 3.63) is 29.3 Å². The van der Waals surface area contributed by atoms with Crippen molar-refractivity contribution in [2.24, 2.45) is 5.41 Å². The van der Waals surface area contributed by atoms with Gasteiger partial charge in [0, 0.05) is 5.41 Å². The fourth-order valence-corrected chi connectivity index (χ4v) is 3.36. The van der Waals surface area contributed by atoms with Crippen LogP contribution in [-0.4, -0.2) is 18.2 Å². The van der Waals surface area contributed by atoms with Crippen LogP contribution in [0.4, 0.5) is 0 Å². The summed E-state index contributed by atoms with van der Waals surface area (Å²) < 4.78 is 5.02. The Balaban J connectivity index is 2.51. The predicted molar refractivity (Wildman–Crippen MR) is 74.2 cm³/mol. The molecule has 1 aromatic carbocycles. The lowest BCUT2D eigenvalue weighted by atomic mass is 9.64. The van der Waals surface area contributed by atoms with Gasteiger partial charge in [-0.25, -0.2) is 0 Å². The molecule has 0 bridgehead atoms. The summed E-state index contributed by atoms with van der Waals surface area (Å²) >= 11 is 0. The number of carbonyl (C=O) groups is 1. The Morgan fingerprint density at radius 1 is 1.32 bits per heavy atom. The maximum atomic E-state index is 12.2. The van der Waals surface area contributed by atoms with Gasteiger partial charge in [0.15, 0.2) is 0 Å². The van der Waals surface area contributed by atoms with Crippen LogP contribution in [0.1, 0.15) is 44.2 Å². The van der Waals surface area contributed by atoms with E-state index in [0.29, 0.717) is 5.75 Å². The molecule has 1 N–H and O–H groups in total. The maximum Gasteiger partial charge on any atom is 0.312 e. The molecule has 2 rings (SSSR count). The molecular weight excluding hydrogens is 240 g/mol. The largest absolute Gasteiger partial charge is 0.508 e. The van der Waals surface area contributed by atoms with E-state index in [0.717, 1.165) is 30.4 Å². The smallest absolute Gasteiger partial charge is 0.312 e. The second-order valence-electron chi connectivity index (χ2n) is 6.01. The quantitative estimate of drug-likeness (QED) is 0.832. The van der Waals surface area contributed by atoms with Gasteiger partial charge in [-0.05, 0) is 43.9 Å². The molecule has 3 heteroatoms. The highest BCUT2D eigenvalue weighted by molar-refractivity contribution is 5.79. The topological polar surface area (TPSA) is 46.5 Å². The van der Waals surface area contributed by atoms with E-state index in [2.05, 4.69) is 6.92 Å². The molecule has 3 nitrogen and oxygen atoms in total. The Kier molecular flexibility index (Phi) is 3.33. The standard InChI is InChI=1S/C16H22O3/c1-11-10-12(6-7-13(11)17)15(2)8-5-9-16(15,3)14(18)19-4/h6-7,10,17H,5,8-9H2,1-4H3/t15-,16+/m0/s1. The van der Waals surface area contributed by atoms with Gasteiger partial charge in [0.1, 0.15) is 5.75 Å². The Morgan fingerprint density at radius 2 is 2.00 bits per heavy atom. The molecular formula is C16H22O3. The van der Waals surface area contributed by atoms with Crippen LogP contribution in [-0.2, 0) is 14.9 Å². The van der Waals surface area contributed by atoms with Gasteiger partial charge in [-0.2, -0.15) is 0 Å². The third kappa shape index (κ3) is 1.92. The van der Waals surface area contributed by atoms with E-state index in [9.17, 15) is 9.90 Å². The zero-order valence-electron chi connectivity index (χ0n) is 12.1. The molecule has 0 heterocycles. The lowest BCUT2D eigenvalue weighted by molar-refractivity contribution is -0.154. The number of benzene rings is 1. The zero-order chi connectivity index (χ0) is 14.3. The van der Waals surface area contributed by atoms with Gasteiger partial charge >= 0.3 is 5.97 Å². The minimum absolute atomic E-state index is 0.141. The van der Waals surface area contributed by atoms with E-state index in [1.165, 1.54) is 7.11 Å². The first kappa shape index (κ1) is 13.9. The number of esters is 1. The van der Waals surface area contributed by atoms with Gasteiger partial charge in [0.05, 0.1) is 12.5 Å². The Labute approximate surface area is 114 Å². The first-order valence-corrected chi connectivity index (χ1v) is 6.74. The molecule has 1 aliphatic rings. The van der Waals surface area contributed by atoms with Gasteiger partial charge in [-0.3, -0.25) is 4.79 Å². The second kappa shape index (κ2) is 4.55. The first-order chi connectivity index (χ1) is 8.85. The number of hydrogen-bond acceptors (Lipinski definition) is 3. The van der Waals surface area contributed by atoms with Gasteiger partial charge in [-0.15, -0.1) is 0 Å². The van der Waals surface area contributed by atoms with E-state index in [1.54, 1.807) is 6.07 Å². The summed E-state index contributed by atoms with van der Waals surface area (Å²) in [7, 11) is 1.45. The van der Waals surface area contributed by atoms with Crippen molar-refractivity contribution < 1.29 is 14.6 Å². The third-order valence-corrected chi connectivity index (χ3v) is 5.04. The van der Waals surface area contributed by atoms with E-state index in [-0.39, 0.29) is 11.4 Å². The SMILES string of the molecule is COC(=O)[C@@]1(C)CCC[C@@]1(C)c1ccc(O)c(C)c1. The number of methoxy groups -OCH3 is 1. The molecule has 0 amide bonds. The molecule has 0 spiro atoms. The summed E-state index contributed by atoms with van der Waals surface area (Å²) in [6, 6.07) is 5.63. The Hall–Kier alpha value is -1.51. The minimum Gasteiger partial charge on any atom is -0.508 e. The number of phenolic OH excluding ortho intramolecular Hbond substituents is 1. The van der Waals surface area contributed by atoms with Crippen molar-refractivity contribution in [3.63, 3.8) is 0 Å². The number of rotatable bonds is 2. The molecule has 1 aromatic rings. The van der Waals surface area contributed by atoms with Crippen LogP contribution in [0.5, 0.6) is 5.75 Å². The van der Waals surface area contributed by atoms with Crippen molar-refractivity contribution in [1.82, 2.24) is 0 Å². The molecule has 1 fully saturated rings. The van der Waals surface area contributed by atoms with Gasteiger partial charge < -0.3 is 9.84 Å². The third-order valence-electron chi connectivity index (χ3n) is 5.04. The van der Waals surface area contributed by atoms with E-state index < -0.39 is 5.41 Å². The molecule has 0 aliphatic heterocycles. The average Bonchev–Trinajstić information content (AvgIpc) is 2.70. The van der Waals surface area contributed by atoms with Crippen LogP contribution in [0.3, 0.4) is 0 Å². The molecule has 1 aliphatic carbocycles. The number of aromatic hydroxyl groups is 1. The monoisotopic (exact) mass is 262 g/mol. The number of hydrogen-bond donors (Lipinski definition) is 1. The lowest BCUT2D eigenvalue weighted by Gasteiger charge is -2.39. The van der Waals surface area contributed by atoms with Crippen molar-refractivity contribution in [2.75, 3.05) is 7.11 Å². The molecule has 0 aromatic heterocycles. The first-order valence-electron chi connectivity index (χ1n) is 6.74. The van der Waals surface area contributed by atoms with E-state index in [1.807, 2.05) is 26.0 Å². The highest BCUT2D eigenvalue weighted by Gasteiger charge is 2.55. The summed E-state index contributed by atoms with van der Waals surface area (Å²) in [5.74, 6) is 0.156. The molecule has 0 unspecified atom stereocenters. The van der Waals surface area contributed by atoms with Crippen LogP contribution in [0.2, 0.25) is 0 Å². The van der Waals surface area contributed by atoms with Crippen molar-refractivity contribution in [3.8, 4) is 5.75 Å². The summed E-state index contributed by atoms with van der Waals surface area (Å²) in [4.78, 5) is 12.2. The average molecular weight is 262 g/mol. The second-order valence-corrected chi connectivity index (χ2v) is 6.01. The van der Waals surface area contributed by atoms with E-state index in [4.69, 9.17) is 4.74 Å².